The van der Waals surface area contributed by atoms with Crippen molar-refractivity contribution in [1.29, 1.82) is 0 Å². The van der Waals surface area contributed by atoms with Gasteiger partial charge in [0, 0.05) is 0 Å². The molecule has 1 unspecified atom stereocenters. The zero-order valence-corrected chi connectivity index (χ0v) is 13.5. The Morgan fingerprint density at radius 3 is 2.57 bits per heavy atom. The Balaban J connectivity index is 3.21. The molecule has 0 bridgehead atoms. The van der Waals surface area contributed by atoms with Crippen LogP contribution in [-0.2, 0) is 19.6 Å². The molecule has 9 heteroatoms. The first-order valence-electron chi connectivity index (χ1n) is 6.11. The Bertz CT molecular complexity index is 636. The molecule has 1 aromatic heterocycles. The molecule has 1 heterocycles. The van der Waals surface area contributed by atoms with Crippen LogP contribution in [0.25, 0.3) is 0 Å². The first-order chi connectivity index (χ1) is 9.68. The van der Waals surface area contributed by atoms with Crippen LogP contribution in [-0.4, -0.2) is 38.1 Å². The van der Waals surface area contributed by atoms with E-state index < -0.39 is 27.5 Å². The number of hydrogen-bond acceptors (Lipinski definition) is 6. The number of methoxy groups -OCH3 is 1. The number of carbonyl (C=O) groups is 2. The van der Waals surface area contributed by atoms with E-state index in [-0.39, 0.29) is 16.2 Å². The van der Waals surface area contributed by atoms with Crippen molar-refractivity contribution in [3.63, 3.8) is 0 Å². The van der Waals surface area contributed by atoms with Crippen LogP contribution in [0.4, 0.5) is 0 Å². The van der Waals surface area contributed by atoms with Crippen molar-refractivity contribution < 1.29 is 27.9 Å². The molecule has 0 saturated heterocycles. The van der Waals surface area contributed by atoms with Crippen LogP contribution in [0.15, 0.2) is 16.3 Å². The molecule has 7 nitrogen and oxygen atoms in total. The molecule has 2 N–H and O–H groups in total. The second kappa shape index (κ2) is 6.54. The van der Waals surface area contributed by atoms with Gasteiger partial charge < -0.3 is 9.84 Å². The van der Waals surface area contributed by atoms with Gasteiger partial charge in [-0.1, -0.05) is 13.3 Å². The molecule has 1 aromatic rings. The third kappa shape index (κ3) is 3.80. The molecular formula is C12H17NO6S2. The van der Waals surface area contributed by atoms with Crippen LogP contribution < -0.4 is 4.72 Å². The predicted octanol–water partition coefficient (Wildman–Crippen LogP) is 1.46. The summed E-state index contributed by atoms with van der Waals surface area (Å²) in [5.74, 6) is -2.05. The highest BCUT2D eigenvalue weighted by Gasteiger charge is 2.38. The zero-order valence-electron chi connectivity index (χ0n) is 11.9. The number of carbonyl (C=O) groups excluding carboxylic acids is 1. The lowest BCUT2D eigenvalue weighted by molar-refractivity contribution is -0.143. The van der Waals surface area contributed by atoms with Crippen molar-refractivity contribution >= 4 is 33.3 Å². The summed E-state index contributed by atoms with van der Waals surface area (Å²) in [7, 11) is -3.01. The molecule has 1 rings (SSSR count). The molecule has 0 saturated carbocycles. The van der Waals surface area contributed by atoms with Crippen LogP contribution in [0.3, 0.4) is 0 Å². The van der Waals surface area contributed by atoms with E-state index >= 15 is 0 Å². The number of nitrogens with one attached hydrogen (secondary N) is 1. The molecule has 0 aliphatic rings. The Morgan fingerprint density at radius 1 is 1.48 bits per heavy atom. The predicted molar refractivity (Wildman–Crippen MR) is 76.9 cm³/mol. The summed E-state index contributed by atoms with van der Waals surface area (Å²) < 4.78 is 31.4. The normalized spacial score (nSPS) is 14.4. The minimum Gasteiger partial charge on any atom is -0.480 e. The molecule has 0 amide bonds. The fraction of sp³-hybridized carbons (Fsp3) is 0.500. The largest absolute Gasteiger partial charge is 0.480 e. The van der Waals surface area contributed by atoms with Gasteiger partial charge in [0.15, 0.2) is 0 Å². The van der Waals surface area contributed by atoms with Gasteiger partial charge in [0.05, 0.1) is 7.11 Å². The third-order valence-electron chi connectivity index (χ3n) is 2.87. The van der Waals surface area contributed by atoms with Gasteiger partial charge in [-0.05, 0) is 24.8 Å². The van der Waals surface area contributed by atoms with Crippen LogP contribution >= 0.6 is 11.3 Å². The van der Waals surface area contributed by atoms with Crippen molar-refractivity contribution in [3.05, 3.63) is 16.3 Å². The van der Waals surface area contributed by atoms with Crippen molar-refractivity contribution in [2.45, 2.75) is 37.1 Å². The fourth-order valence-electron chi connectivity index (χ4n) is 1.80. The van der Waals surface area contributed by atoms with Crippen molar-refractivity contribution in [3.8, 4) is 0 Å². The number of rotatable bonds is 7. The molecule has 0 radical (unpaired) electrons. The Kier molecular flexibility index (Phi) is 5.48. The lowest BCUT2D eigenvalue weighted by Crippen LogP contribution is -2.52. The average Bonchev–Trinajstić information content (AvgIpc) is 2.87. The van der Waals surface area contributed by atoms with Crippen molar-refractivity contribution in [1.82, 2.24) is 4.72 Å². The molecule has 1 atom stereocenters. The van der Waals surface area contributed by atoms with Crippen LogP contribution in [0.1, 0.15) is 36.4 Å². The van der Waals surface area contributed by atoms with Gasteiger partial charge in [0.1, 0.15) is 15.3 Å². The lowest BCUT2D eigenvalue weighted by Gasteiger charge is -2.25. The van der Waals surface area contributed by atoms with E-state index in [1.165, 1.54) is 18.4 Å². The number of carboxylic acid groups (broad SMARTS) is 1. The molecule has 0 fully saturated rings. The first kappa shape index (κ1) is 17.6. The summed E-state index contributed by atoms with van der Waals surface area (Å²) in [5.41, 5.74) is -1.64. The summed E-state index contributed by atoms with van der Waals surface area (Å²) in [6.07, 6.45) is 0.609. The molecule has 0 aliphatic heterocycles. The number of sulfonamides is 1. The maximum absolute atomic E-state index is 12.4. The van der Waals surface area contributed by atoms with Crippen molar-refractivity contribution in [2.75, 3.05) is 7.11 Å². The Labute approximate surface area is 127 Å². The van der Waals surface area contributed by atoms with Crippen LogP contribution in [0, 0.1) is 0 Å². The Hall–Kier alpha value is -1.45. The highest BCUT2D eigenvalue weighted by molar-refractivity contribution is 7.89. The number of esters is 1. The SMILES string of the molecule is CCCC(C)(NS(=O)(=O)c1ccsc1C(=O)OC)C(=O)O. The monoisotopic (exact) mass is 335 g/mol. The van der Waals surface area contributed by atoms with Gasteiger partial charge in [-0.25, -0.2) is 13.2 Å². The third-order valence-corrected chi connectivity index (χ3v) is 5.53. The van der Waals surface area contributed by atoms with E-state index in [9.17, 15) is 23.1 Å². The van der Waals surface area contributed by atoms with Gasteiger partial charge in [0.25, 0.3) is 0 Å². The minimum atomic E-state index is -4.15. The second-order valence-electron chi connectivity index (χ2n) is 4.60. The standard InChI is InChI=1S/C12H17NO6S2/c1-4-6-12(2,11(15)16)13-21(17,18)8-5-7-20-9(8)10(14)19-3/h5,7,13H,4,6H2,1-3H3,(H,15,16). The number of thiophene rings is 1. The smallest absolute Gasteiger partial charge is 0.349 e. The molecule has 118 valence electrons. The van der Waals surface area contributed by atoms with Crippen LogP contribution in [0.2, 0.25) is 0 Å². The first-order valence-corrected chi connectivity index (χ1v) is 8.47. The van der Waals surface area contributed by atoms with E-state index in [1.807, 2.05) is 0 Å². The maximum Gasteiger partial charge on any atom is 0.349 e. The zero-order chi connectivity index (χ0) is 16.3. The van der Waals surface area contributed by atoms with E-state index in [1.54, 1.807) is 6.92 Å². The Morgan fingerprint density at radius 2 is 2.10 bits per heavy atom. The molecule has 0 spiro atoms. The summed E-state index contributed by atoms with van der Waals surface area (Å²) in [6, 6.07) is 1.24. The van der Waals surface area contributed by atoms with E-state index in [4.69, 9.17) is 0 Å². The van der Waals surface area contributed by atoms with E-state index in [0.717, 1.165) is 18.4 Å². The van der Waals surface area contributed by atoms with E-state index in [2.05, 4.69) is 9.46 Å². The lowest BCUT2D eigenvalue weighted by atomic mass is 9.98. The summed E-state index contributed by atoms with van der Waals surface area (Å²) >= 11 is 0.916. The van der Waals surface area contributed by atoms with Crippen LogP contribution in [0.5, 0.6) is 0 Å². The highest BCUT2D eigenvalue weighted by Crippen LogP contribution is 2.25. The van der Waals surface area contributed by atoms with E-state index in [0.29, 0.717) is 6.42 Å². The quantitative estimate of drug-likeness (QED) is 0.730. The molecular weight excluding hydrogens is 318 g/mol. The topological polar surface area (TPSA) is 110 Å². The van der Waals surface area contributed by atoms with Gasteiger partial charge in [-0.15, -0.1) is 11.3 Å². The van der Waals surface area contributed by atoms with Gasteiger partial charge in [-0.2, -0.15) is 4.72 Å². The number of hydrogen-bond donors (Lipinski definition) is 2. The van der Waals surface area contributed by atoms with Gasteiger partial charge >= 0.3 is 11.9 Å². The average molecular weight is 335 g/mol. The molecule has 21 heavy (non-hydrogen) atoms. The maximum atomic E-state index is 12.4. The van der Waals surface area contributed by atoms with Gasteiger partial charge in [0.2, 0.25) is 10.0 Å². The fourth-order valence-corrected chi connectivity index (χ4v) is 4.53. The number of aliphatic carboxylic acids is 1. The summed E-state index contributed by atoms with van der Waals surface area (Å²) in [4.78, 5) is 22.5. The summed E-state index contributed by atoms with van der Waals surface area (Å²) in [6.45, 7) is 3.04. The highest BCUT2D eigenvalue weighted by atomic mass is 32.2. The molecule has 0 aliphatic carbocycles. The number of ether oxygens (including phenoxy) is 1. The van der Waals surface area contributed by atoms with Crippen molar-refractivity contribution in [2.24, 2.45) is 0 Å². The number of carboxylic acids is 1. The second-order valence-corrected chi connectivity index (χ2v) is 7.17. The molecule has 0 aromatic carbocycles. The summed E-state index contributed by atoms with van der Waals surface area (Å²) in [5, 5.41) is 10.7. The van der Waals surface area contributed by atoms with Gasteiger partial charge in [-0.3, -0.25) is 4.79 Å². The minimum absolute atomic E-state index is 0.0887.